The van der Waals surface area contributed by atoms with Crippen molar-refractivity contribution >= 4 is 70.3 Å². The lowest BCUT2D eigenvalue weighted by Crippen LogP contribution is -2.21. The molecule has 0 fully saturated rings. The number of thiophene rings is 1. The molecule has 0 saturated heterocycles. The van der Waals surface area contributed by atoms with Gasteiger partial charge in [0.1, 0.15) is 0 Å². The van der Waals surface area contributed by atoms with Crippen LogP contribution in [0, 0.1) is 0 Å². The number of fused-ring (bicyclic) bond motifs is 7. The summed E-state index contributed by atoms with van der Waals surface area (Å²) in [5, 5.41) is 9.24. The Balaban J connectivity index is 1.28. The third kappa shape index (κ3) is 4.08. The molecule has 2 nitrogen and oxygen atoms in total. The Labute approximate surface area is 260 Å². The van der Waals surface area contributed by atoms with Crippen LogP contribution in [-0.4, -0.2) is 4.57 Å². The first-order chi connectivity index (χ1) is 21.8. The zero-order valence-electron chi connectivity index (χ0n) is 24.2. The molecule has 7 aromatic rings. The molecule has 3 heteroatoms. The second-order valence-corrected chi connectivity index (χ2v) is 12.8. The summed E-state index contributed by atoms with van der Waals surface area (Å²) < 4.78 is 5.24. The van der Waals surface area contributed by atoms with Gasteiger partial charge in [-0.2, -0.15) is 0 Å². The van der Waals surface area contributed by atoms with Crippen LogP contribution in [0.3, 0.4) is 0 Å². The van der Waals surface area contributed by atoms with Crippen molar-refractivity contribution in [3.8, 4) is 0 Å². The van der Waals surface area contributed by atoms with Crippen LogP contribution < -0.4 is 5.32 Å². The van der Waals surface area contributed by atoms with Crippen molar-refractivity contribution < 1.29 is 0 Å². The van der Waals surface area contributed by atoms with Crippen molar-refractivity contribution in [2.24, 2.45) is 0 Å². The average Bonchev–Trinajstić information content (AvgIpc) is 3.64. The van der Waals surface area contributed by atoms with E-state index >= 15 is 0 Å². The molecule has 210 valence electrons. The minimum absolute atomic E-state index is 0.0809. The lowest BCUT2D eigenvalue weighted by molar-refractivity contribution is 0.767. The van der Waals surface area contributed by atoms with Crippen LogP contribution in [0.15, 0.2) is 146 Å². The number of allylic oxidation sites excluding steroid dienone is 6. The molecular formula is C41H30N2S. The third-order valence-corrected chi connectivity index (χ3v) is 10.3. The predicted molar refractivity (Wildman–Crippen MR) is 190 cm³/mol. The van der Waals surface area contributed by atoms with Gasteiger partial charge in [0, 0.05) is 42.3 Å². The van der Waals surface area contributed by atoms with Crippen molar-refractivity contribution in [3.63, 3.8) is 0 Å². The molecule has 0 radical (unpaired) electrons. The van der Waals surface area contributed by atoms with Gasteiger partial charge in [0.25, 0.3) is 0 Å². The second kappa shape index (κ2) is 10.3. The SMILES string of the molecule is C1=CCCC(n2c3cc(C4=CC(c5ccccc5)=CC(c5ccccc5)N4)ccc3c3c4sc5ccccc5c4ccc32)=C1. The van der Waals surface area contributed by atoms with Gasteiger partial charge < -0.3 is 9.88 Å². The molecule has 1 N–H and O–H groups in total. The summed E-state index contributed by atoms with van der Waals surface area (Å²) in [6.07, 6.45) is 13.5. The molecule has 44 heavy (non-hydrogen) atoms. The first-order valence-electron chi connectivity index (χ1n) is 15.4. The lowest BCUT2D eigenvalue weighted by Gasteiger charge is -2.26. The number of nitrogens with one attached hydrogen (secondary N) is 1. The molecule has 1 atom stereocenters. The van der Waals surface area contributed by atoms with E-state index in [2.05, 4.69) is 156 Å². The quantitative estimate of drug-likeness (QED) is 0.218. The molecule has 0 spiro atoms. The highest BCUT2D eigenvalue weighted by Crippen LogP contribution is 2.44. The summed E-state index contributed by atoms with van der Waals surface area (Å²) in [7, 11) is 0. The summed E-state index contributed by atoms with van der Waals surface area (Å²) in [5.41, 5.74) is 9.96. The van der Waals surface area contributed by atoms with E-state index in [0.717, 1.165) is 18.5 Å². The van der Waals surface area contributed by atoms with E-state index in [-0.39, 0.29) is 6.04 Å². The fourth-order valence-electron chi connectivity index (χ4n) is 6.99. The fourth-order valence-corrected chi connectivity index (χ4v) is 8.25. The van der Waals surface area contributed by atoms with Crippen LogP contribution in [0.2, 0.25) is 0 Å². The second-order valence-electron chi connectivity index (χ2n) is 11.7. The molecule has 1 unspecified atom stereocenters. The summed E-state index contributed by atoms with van der Waals surface area (Å²) in [6.45, 7) is 0. The van der Waals surface area contributed by atoms with Gasteiger partial charge in [-0.15, -0.1) is 11.3 Å². The largest absolute Gasteiger partial charge is 0.374 e. The van der Waals surface area contributed by atoms with Crippen LogP contribution in [0.25, 0.3) is 58.9 Å². The van der Waals surface area contributed by atoms with Gasteiger partial charge in [0.05, 0.1) is 17.1 Å². The van der Waals surface area contributed by atoms with Gasteiger partial charge in [0.2, 0.25) is 0 Å². The molecule has 0 bridgehead atoms. The maximum atomic E-state index is 3.88. The van der Waals surface area contributed by atoms with Gasteiger partial charge in [-0.1, -0.05) is 109 Å². The number of hydrogen-bond acceptors (Lipinski definition) is 2. The Morgan fingerprint density at radius 3 is 2.34 bits per heavy atom. The summed E-state index contributed by atoms with van der Waals surface area (Å²) in [6, 6.07) is 42.1. The van der Waals surface area contributed by atoms with Gasteiger partial charge in [-0.3, -0.25) is 0 Å². The highest BCUT2D eigenvalue weighted by molar-refractivity contribution is 7.26. The topological polar surface area (TPSA) is 17.0 Å². The molecule has 1 aliphatic heterocycles. The standard InChI is InChI=1S/C41H30N2S/c1-4-12-27(13-5-1)30-24-35(28-14-6-2-7-15-28)42-36(25-30)29-20-21-34-38(26-29)43(31-16-8-3-9-17-31)37-23-22-33-32-18-10-11-19-39(32)44-41(33)40(34)37/h1-8,10-16,18-26,35,42H,9,17H2. The number of rotatable bonds is 4. The number of aromatic nitrogens is 1. The molecule has 1 aliphatic carbocycles. The Bertz CT molecular complexity index is 2350. The maximum Gasteiger partial charge on any atom is 0.0707 e. The van der Waals surface area contributed by atoms with Gasteiger partial charge in [-0.25, -0.2) is 0 Å². The van der Waals surface area contributed by atoms with Crippen LogP contribution in [0.4, 0.5) is 0 Å². The Hall–Kier alpha value is -5.12. The Morgan fingerprint density at radius 1 is 0.705 bits per heavy atom. The minimum atomic E-state index is 0.0809. The molecule has 2 aromatic heterocycles. The molecule has 0 saturated carbocycles. The molecular weight excluding hydrogens is 553 g/mol. The van der Waals surface area contributed by atoms with E-state index in [9.17, 15) is 0 Å². The zero-order valence-corrected chi connectivity index (χ0v) is 25.0. The van der Waals surface area contributed by atoms with Crippen molar-refractivity contribution in [2.75, 3.05) is 0 Å². The molecule has 9 rings (SSSR count). The highest BCUT2D eigenvalue weighted by atomic mass is 32.1. The van der Waals surface area contributed by atoms with Crippen molar-refractivity contribution in [2.45, 2.75) is 18.9 Å². The van der Waals surface area contributed by atoms with Crippen molar-refractivity contribution in [3.05, 3.63) is 162 Å². The summed E-state index contributed by atoms with van der Waals surface area (Å²) in [5.74, 6) is 0. The lowest BCUT2D eigenvalue weighted by atomic mass is 9.93. The number of benzene rings is 5. The summed E-state index contributed by atoms with van der Waals surface area (Å²) in [4.78, 5) is 0. The van der Waals surface area contributed by atoms with Crippen LogP contribution in [-0.2, 0) is 0 Å². The van der Waals surface area contributed by atoms with Crippen LogP contribution >= 0.6 is 11.3 Å². The third-order valence-electron chi connectivity index (χ3n) is 9.09. The van der Waals surface area contributed by atoms with Crippen LogP contribution in [0.1, 0.15) is 35.6 Å². The smallest absolute Gasteiger partial charge is 0.0707 e. The average molecular weight is 583 g/mol. The maximum absolute atomic E-state index is 3.88. The predicted octanol–water partition coefficient (Wildman–Crippen LogP) is 11.1. The molecule has 0 amide bonds. The van der Waals surface area contributed by atoms with Gasteiger partial charge >= 0.3 is 0 Å². The monoisotopic (exact) mass is 582 g/mol. The van der Waals surface area contributed by atoms with Crippen molar-refractivity contribution in [1.29, 1.82) is 0 Å². The molecule has 3 heterocycles. The van der Waals surface area contributed by atoms with E-state index < -0.39 is 0 Å². The number of dihydropyridines is 1. The summed E-state index contributed by atoms with van der Waals surface area (Å²) >= 11 is 1.92. The first kappa shape index (κ1) is 25.4. The molecule has 5 aromatic carbocycles. The van der Waals surface area contributed by atoms with Crippen molar-refractivity contribution in [1.82, 2.24) is 9.88 Å². The first-order valence-corrected chi connectivity index (χ1v) is 16.2. The van der Waals surface area contributed by atoms with Crippen LogP contribution in [0.5, 0.6) is 0 Å². The highest BCUT2D eigenvalue weighted by Gasteiger charge is 2.22. The van der Waals surface area contributed by atoms with E-state index in [1.807, 2.05) is 11.3 Å². The van der Waals surface area contributed by atoms with E-state index in [1.54, 1.807) is 0 Å². The van der Waals surface area contributed by atoms with E-state index in [4.69, 9.17) is 0 Å². The number of hydrogen-bond donors (Lipinski definition) is 1. The van der Waals surface area contributed by atoms with Gasteiger partial charge in [0.15, 0.2) is 0 Å². The Kier molecular flexibility index (Phi) is 5.92. The Morgan fingerprint density at radius 2 is 1.50 bits per heavy atom. The van der Waals surface area contributed by atoms with E-state index in [1.165, 1.54) is 69.9 Å². The zero-order chi connectivity index (χ0) is 29.0. The number of nitrogens with zero attached hydrogens (tertiary/aromatic N) is 1. The normalized spacial score (nSPS) is 16.7. The minimum Gasteiger partial charge on any atom is -0.374 e. The molecule has 2 aliphatic rings. The van der Waals surface area contributed by atoms with Gasteiger partial charge in [-0.05, 0) is 71.5 Å². The van der Waals surface area contributed by atoms with E-state index in [0.29, 0.717) is 0 Å². The fraction of sp³-hybridized carbons (Fsp3) is 0.0732.